The second kappa shape index (κ2) is 5.21. The second-order valence-corrected chi connectivity index (χ2v) is 5.53. The van der Waals surface area contributed by atoms with Gasteiger partial charge in [-0.2, -0.15) is 0 Å². The fraction of sp³-hybridized carbons (Fsp3) is 0.500. The molecule has 1 amide bonds. The van der Waals surface area contributed by atoms with Crippen molar-refractivity contribution in [2.75, 3.05) is 11.9 Å². The molecule has 2 rings (SSSR count). The number of alkyl halides is 1. The van der Waals surface area contributed by atoms with Crippen LogP contribution in [0.5, 0.6) is 0 Å². The molecule has 1 aliphatic carbocycles. The first-order valence-corrected chi connectivity index (χ1v) is 7.16. The number of hydrogen-bond donors (Lipinski definition) is 1. The van der Waals surface area contributed by atoms with Gasteiger partial charge in [-0.3, -0.25) is 4.79 Å². The van der Waals surface area contributed by atoms with Gasteiger partial charge in [-0.25, -0.2) is 0 Å². The fourth-order valence-electron chi connectivity index (χ4n) is 2.23. The molecule has 0 saturated heterocycles. The number of aryl methyl sites for hydroxylation is 2. The number of halogens is 1. The highest BCUT2D eigenvalue weighted by atomic mass is 79.9. The first-order chi connectivity index (χ1) is 8.13. The van der Waals surface area contributed by atoms with Crippen LogP contribution in [0.15, 0.2) is 18.2 Å². The van der Waals surface area contributed by atoms with Crippen LogP contribution in [0, 0.1) is 25.7 Å². The molecule has 2 nitrogen and oxygen atoms in total. The van der Waals surface area contributed by atoms with Crippen LogP contribution in [-0.2, 0) is 0 Å². The summed E-state index contributed by atoms with van der Waals surface area (Å²) in [6.07, 6.45) is 1.23. The van der Waals surface area contributed by atoms with Gasteiger partial charge in [-0.05, 0) is 43.2 Å². The number of benzene rings is 1. The maximum Gasteiger partial charge on any atom is 0.251 e. The van der Waals surface area contributed by atoms with Crippen LogP contribution in [0.1, 0.15) is 27.9 Å². The molecule has 2 unspecified atom stereocenters. The van der Waals surface area contributed by atoms with Crippen LogP contribution >= 0.6 is 15.9 Å². The quantitative estimate of drug-likeness (QED) is 0.850. The molecule has 0 radical (unpaired) electrons. The molecule has 1 N–H and O–H groups in total. The Morgan fingerprint density at radius 1 is 1.35 bits per heavy atom. The summed E-state index contributed by atoms with van der Waals surface area (Å²) in [6, 6.07) is 5.96. The first kappa shape index (κ1) is 12.6. The Kier molecular flexibility index (Phi) is 3.87. The zero-order chi connectivity index (χ0) is 12.4. The molecule has 0 aliphatic heterocycles. The fourth-order valence-corrected chi connectivity index (χ4v) is 3.03. The van der Waals surface area contributed by atoms with Crippen molar-refractivity contribution in [2.45, 2.75) is 20.3 Å². The van der Waals surface area contributed by atoms with Gasteiger partial charge in [0.2, 0.25) is 0 Å². The molecule has 1 aliphatic rings. The first-order valence-electron chi connectivity index (χ1n) is 6.04. The third-order valence-electron chi connectivity index (χ3n) is 3.50. The predicted octanol–water partition coefficient (Wildman–Crippen LogP) is 3.06. The van der Waals surface area contributed by atoms with Crippen molar-refractivity contribution in [3.05, 3.63) is 34.9 Å². The van der Waals surface area contributed by atoms with E-state index < -0.39 is 0 Å². The van der Waals surface area contributed by atoms with Gasteiger partial charge >= 0.3 is 0 Å². The Labute approximate surface area is 111 Å². The number of amides is 1. The number of carbonyl (C=O) groups excluding carboxylic acids is 1. The number of nitrogens with one attached hydrogen (secondary N) is 1. The van der Waals surface area contributed by atoms with Gasteiger partial charge in [-0.1, -0.05) is 34.1 Å². The lowest BCUT2D eigenvalue weighted by Crippen LogP contribution is -2.27. The van der Waals surface area contributed by atoms with E-state index in [-0.39, 0.29) is 5.91 Å². The highest BCUT2D eigenvalue weighted by molar-refractivity contribution is 9.09. The SMILES string of the molecule is Cc1cccc(C)c1C(=O)NCC1CC1CBr. The van der Waals surface area contributed by atoms with Crippen molar-refractivity contribution in [3.63, 3.8) is 0 Å². The van der Waals surface area contributed by atoms with E-state index in [1.807, 2.05) is 32.0 Å². The zero-order valence-corrected chi connectivity index (χ0v) is 11.9. The molecule has 1 aromatic rings. The Bertz CT molecular complexity index is 410. The van der Waals surface area contributed by atoms with Crippen LogP contribution < -0.4 is 5.32 Å². The Balaban J connectivity index is 1.96. The van der Waals surface area contributed by atoms with Gasteiger partial charge in [0.05, 0.1) is 0 Å². The van der Waals surface area contributed by atoms with Crippen LogP contribution in [0.4, 0.5) is 0 Å². The molecule has 0 spiro atoms. The van der Waals surface area contributed by atoms with Crippen molar-refractivity contribution in [2.24, 2.45) is 11.8 Å². The molecule has 1 saturated carbocycles. The molecule has 2 atom stereocenters. The van der Waals surface area contributed by atoms with Crippen molar-refractivity contribution in [3.8, 4) is 0 Å². The van der Waals surface area contributed by atoms with Crippen LogP contribution in [0.25, 0.3) is 0 Å². The summed E-state index contributed by atoms with van der Waals surface area (Å²) in [5.41, 5.74) is 2.94. The Hall–Kier alpha value is -0.830. The van der Waals surface area contributed by atoms with Gasteiger partial charge in [0.15, 0.2) is 0 Å². The van der Waals surface area contributed by atoms with Gasteiger partial charge in [0.1, 0.15) is 0 Å². The van der Waals surface area contributed by atoms with E-state index in [0.717, 1.165) is 34.5 Å². The van der Waals surface area contributed by atoms with Gasteiger partial charge in [0.25, 0.3) is 5.91 Å². The highest BCUT2D eigenvalue weighted by Crippen LogP contribution is 2.39. The van der Waals surface area contributed by atoms with E-state index in [4.69, 9.17) is 0 Å². The van der Waals surface area contributed by atoms with Crippen LogP contribution in [0.2, 0.25) is 0 Å². The highest BCUT2D eigenvalue weighted by Gasteiger charge is 2.35. The largest absolute Gasteiger partial charge is 0.352 e. The molecule has 3 heteroatoms. The lowest BCUT2D eigenvalue weighted by Gasteiger charge is -2.10. The summed E-state index contributed by atoms with van der Waals surface area (Å²) >= 11 is 3.48. The lowest BCUT2D eigenvalue weighted by molar-refractivity contribution is 0.0950. The third-order valence-corrected chi connectivity index (χ3v) is 4.33. The molecule has 92 valence electrons. The minimum atomic E-state index is 0.0702. The third kappa shape index (κ3) is 2.89. The van der Waals surface area contributed by atoms with Gasteiger partial charge in [-0.15, -0.1) is 0 Å². The van der Waals surface area contributed by atoms with E-state index >= 15 is 0 Å². The van der Waals surface area contributed by atoms with Gasteiger partial charge < -0.3 is 5.32 Å². The van der Waals surface area contributed by atoms with E-state index in [0.29, 0.717) is 5.92 Å². The summed E-state index contributed by atoms with van der Waals surface area (Å²) in [5, 5.41) is 4.10. The standard InChI is InChI=1S/C14H18BrNO/c1-9-4-3-5-10(2)13(9)14(17)16-8-12-6-11(12)7-15/h3-5,11-12H,6-8H2,1-2H3,(H,16,17). The zero-order valence-electron chi connectivity index (χ0n) is 10.3. The topological polar surface area (TPSA) is 29.1 Å². The molecule has 1 fully saturated rings. The summed E-state index contributed by atoms with van der Waals surface area (Å²) in [4.78, 5) is 12.1. The predicted molar refractivity (Wildman–Crippen MR) is 73.6 cm³/mol. The summed E-state index contributed by atoms with van der Waals surface area (Å²) < 4.78 is 0. The lowest BCUT2D eigenvalue weighted by atomic mass is 10.0. The van der Waals surface area contributed by atoms with Crippen molar-refractivity contribution >= 4 is 21.8 Å². The van der Waals surface area contributed by atoms with Crippen molar-refractivity contribution in [1.82, 2.24) is 5.32 Å². The summed E-state index contributed by atoms with van der Waals surface area (Å²) in [7, 11) is 0. The van der Waals surface area contributed by atoms with E-state index in [1.165, 1.54) is 6.42 Å². The smallest absolute Gasteiger partial charge is 0.251 e. The van der Waals surface area contributed by atoms with Crippen LogP contribution in [0.3, 0.4) is 0 Å². The van der Waals surface area contributed by atoms with E-state index in [9.17, 15) is 4.79 Å². The van der Waals surface area contributed by atoms with Crippen LogP contribution in [-0.4, -0.2) is 17.8 Å². The maximum atomic E-state index is 12.1. The average Bonchev–Trinajstić information content (AvgIpc) is 3.04. The molecule has 0 heterocycles. The maximum absolute atomic E-state index is 12.1. The molecule has 0 aromatic heterocycles. The molecule has 0 bridgehead atoms. The number of carbonyl (C=O) groups is 1. The van der Waals surface area contributed by atoms with E-state index in [1.54, 1.807) is 0 Å². The normalized spacial score (nSPS) is 22.3. The second-order valence-electron chi connectivity index (χ2n) is 4.89. The van der Waals surface area contributed by atoms with Crippen molar-refractivity contribution in [1.29, 1.82) is 0 Å². The monoisotopic (exact) mass is 295 g/mol. The van der Waals surface area contributed by atoms with E-state index in [2.05, 4.69) is 21.2 Å². The molecular formula is C14H18BrNO. The summed E-state index contributed by atoms with van der Waals surface area (Å²) in [5.74, 6) is 1.50. The Morgan fingerprint density at radius 2 is 2.00 bits per heavy atom. The van der Waals surface area contributed by atoms with Crippen molar-refractivity contribution < 1.29 is 4.79 Å². The molecular weight excluding hydrogens is 278 g/mol. The molecule has 17 heavy (non-hydrogen) atoms. The Morgan fingerprint density at radius 3 is 2.53 bits per heavy atom. The number of hydrogen-bond acceptors (Lipinski definition) is 1. The minimum Gasteiger partial charge on any atom is -0.352 e. The van der Waals surface area contributed by atoms with Gasteiger partial charge in [0, 0.05) is 17.4 Å². The minimum absolute atomic E-state index is 0.0702. The average molecular weight is 296 g/mol. The number of rotatable bonds is 4. The summed E-state index contributed by atoms with van der Waals surface area (Å²) in [6.45, 7) is 4.78. The molecule has 1 aromatic carbocycles.